The first kappa shape index (κ1) is 12.4. The standard InChI is InChI=1S/C10H19BrO3/c1-2-10(8-14-9-10)7-13-6-5-12-4-3-11/h2-9H2,1H3. The molecule has 4 heteroatoms. The van der Waals surface area contributed by atoms with E-state index in [9.17, 15) is 0 Å². The molecular weight excluding hydrogens is 248 g/mol. The van der Waals surface area contributed by atoms with Crippen molar-refractivity contribution in [3.05, 3.63) is 0 Å². The van der Waals surface area contributed by atoms with Gasteiger partial charge < -0.3 is 14.2 Å². The summed E-state index contributed by atoms with van der Waals surface area (Å²) in [6.45, 7) is 6.83. The predicted octanol–water partition coefficient (Wildman–Crippen LogP) is 1.84. The molecule has 0 N–H and O–H groups in total. The van der Waals surface area contributed by atoms with Crippen LogP contribution in [-0.2, 0) is 14.2 Å². The third kappa shape index (κ3) is 3.85. The lowest BCUT2D eigenvalue weighted by molar-refractivity contribution is -0.152. The summed E-state index contributed by atoms with van der Waals surface area (Å²) in [5.74, 6) is 0. The minimum absolute atomic E-state index is 0.301. The van der Waals surface area contributed by atoms with E-state index in [0.717, 1.165) is 38.2 Å². The number of ether oxygens (including phenoxy) is 3. The second kappa shape index (κ2) is 6.77. The third-order valence-electron chi connectivity index (χ3n) is 2.57. The molecular formula is C10H19BrO3. The van der Waals surface area contributed by atoms with E-state index < -0.39 is 0 Å². The molecule has 1 aliphatic heterocycles. The van der Waals surface area contributed by atoms with Crippen LogP contribution in [0.15, 0.2) is 0 Å². The van der Waals surface area contributed by atoms with E-state index in [0.29, 0.717) is 18.6 Å². The van der Waals surface area contributed by atoms with E-state index in [1.807, 2.05) is 0 Å². The fourth-order valence-electron chi connectivity index (χ4n) is 1.34. The number of hydrogen-bond acceptors (Lipinski definition) is 3. The molecule has 84 valence electrons. The zero-order valence-electron chi connectivity index (χ0n) is 8.76. The van der Waals surface area contributed by atoms with E-state index in [-0.39, 0.29) is 0 Å². The van der Waals surface area contributed by atoms with Gasteiger partial charge in [-0.15, -0.1) is 0 Å². The van der Waals surface area contributed by atoms with Crippen LogP contribution in [0.3, 0.4) is 0 Å². The average Bonchev–Trinajstić information content (AvgIpc) is 2.15. The van der Waals surface area contributed by atoms with Crippen molar-refractivity contribution >= 4 is 15.9 Å². The van der Waals surface area contributed by atoms with Crippen molar-refractivity contribution in [3.63, 3.8) is 0 Å². The molecule has 0 atom stereocenters. The van der Waals surface area contributed by atoms with Gasteiger partial charge in [0.25, 0.3) is 0 Å². The quantitative estimate of drug-likeness (QED) is 0.496. The maximum absolute atomic E-state index is 5.56. The molecule has 1 rings (SSSR count). The monoisotopic (exact) mass is 266 g/mol. The fourth-order valence-corrected chi connectivity index (χ4v) is 1.57. The van der Waals surface area contributed by atoms with Crippen molar-refractivity contribution in [2.24, 2.45) is 5.41 Å². The first-order valence-electron chi connectivity index (χ1n) is 5.12. The summed E-state index contributed by atoms with van der Waals surface area (Å²) in [5.41, 5.74) is 0.301. The van der Waals surface area contributed by atoms with Crippen molar-refractivity contribution in [2.75, 3.05) is 45.0 Å². The van der Waals surface area contributed by atoms with Gasteiger partial charge in [-0.3, -0.25) is 0 Å². The van der Waals surface area contributed by atoms with Gasteiger partial charge in [-0.1, -0.05) is 22.9 Å². The SMILES string of the molecule is CCC1(COCCOCCBr)COC1. The molecule has 0 radical (unpaired) electrons. The molecule has 0 unspecified atom stereocenters. The molecule has 3 nitrogen and oxygen atoms in total. The summed E-state index contributed by atoms with van der Waals surface area (Å²) < 4.78 is 16.0. The van der Waals surface area contributed by atoms with Crippen LogP contribution >= 0.6 is 15.9 Å². The molecule has 0 aliphatic carbocycles. The van der Waals surface area contributed by atoms with E-state index in [4.69, 9.17) is 14.2 Å². The molecule has 0 aromatic heterocycles. The average molecular weight is 267 g/mol. The molecule has 0 saturated carbocycles. The molecule has 14 heavy (non-hydrogen) atoms. The predicted molar refractivity (Wildman–Crippen MR) is 59.0 cm³/mol. The van der Waals surface area contributed by atoms with E-state index in [1.165, 1.54) is 0 Å². The van der Waals surface area contributed by atoms with E-state index >= 15 is 0 Å². The Morgan fingerprint density at radius 1 is 1.21 bits per heavy atom. The van der Waals surface area contributed by atoms with Gasteiger partial charge in [0.05, 0.1) is 39.6 Å². The van der Waals surface area contributed by atoms with Crippen molar-refractivity contribution < 1.29 is 14.2 Å². The number of halogens is 1. The third-order valence-corrected chi connectivity index (χ3v) is 2.89. The summed E-state index contributed by atoms with van der Waals surface area (Å²) in [6, 6.07) is 0. The Labute approximate surface area is 94.2 Å². The second-order valence-corrected chi connectivity index (χ2v) is 4.49. The molecule has 1 fully saturated rings. The maximum atomic E-state index is 5.56. The minimum atomic E-state index is 0.301. The van der Waals surface area contributed by atoms with Crippen molar-refractivity contribution in [2.45, 2.75) is 13.3 Å². The van der Waals surface area contributed by atoms with Gasteiger partial charge in [0.1, 0.15) is 0 Å². The zero-order valence-corrected chi connectivity index (χ0v) is 10.3. The van der Waals surface area contributed by atoms with Crippen LogP contribution in [0, 0.1) is 5.41 Å². The van der Waals surface area contributed by atoms with Crippen LogP contribution in [0.4, 0.5) is 0 Å². The molecule has 0 aromatic carbocycles. The first-order valence-corrected chi connectivity index (χ1v) is 6.24. The highest BCUT2D eigenvalue weighted by molar-refractivity contribution is 9.09. The van der Waals surface area contributed by atoms with Crippen molar-refractivity contribution in [3.8, 4) is 0 Å². The fraction of sp³-hybridized carbons (Fsp3) is 1.00. The molecule has 1 aliphatic rings. The Balaban J connectivity index is 1.92. The molecule has 0 bridgehead atoms. The van der Waals surface area contributed by atoms with Crippen LogP contribution in [0.1, 0.15) is 13.3 Å². The Bertz CT molecular complexity index is 143. The Hall–Kier alpha value is 0.360. The van der Waals surface area contributed by atoms with Gasteiger partial charge in [0, 0.05) is 10.7 Å². The zero-order chi connectivity index (χ0) is 10.3. The lowest BCUT2D eigenvalue weighted by Gasteiger charge is -2.40. The largest absolute Gasteiger partial charge is 0.380 e. The van der Waals surface area contributed by atoms with Crippen LogP contribution in [-0.4, -0.2) is 45.0 Å². The number of rotatable bonds is 8. The van der Waals surface area contributed by atoms with Gasteiger partial charge >= 0.3 is 0 Å². The topological polar surface area (TPSA) is 27.7 Å². The van der Waals surface area contributed by atoms with Crippen LogP contribution in [0.2, 0.25) is 0 Å². The summed E-state index contributed by atoms with van der Waals surface area (Å²) in [7, 11) is 0. The van der Waals surface area contributed by atoms with Gasteiger partial charge in [-0.25, -0.2) is 0 Å². The molecule has 1 heterocycles. The smallest absolute Gasteiger partial charge is 0.0700 e. The number of alkyl halides is 1. The maximum Gasteiger partial charge on any atom is 0.0700 e. The van der Waals surface area contributed by atoms with Crippen LogP contribution in [0.5, 0.6) is 0 Å². The second-order valence-electron chi connectivity index (χ2n) is 3.70. The van der Waals surface area contributed by atoms with Crippen LogP contribution in [0.25, 0.3) is 0 Å². The summed E-state index contributed by atoms with van der Waals surface area (Å²) in [4.78, 5) is 0. The molecule has 0 amide bonds. The number of hydrogen-bond donors (Lipinski definition) is 0. The summed E-state index contributed by atoms with van der Waals surface area (Å²) >= 11 is 3.30. The Kier molecular flexibility index (Phi) is 6.01. The lowest BCUT2D eigenvalue weighted by atomic mass is 9.84. The van der Waals surface area contributed by atoms with Crippen molar-refractivity contribution in [1.29, 1.82) is 0 Å². The molecule has 0 spiro atoms. The van der Waals surface area contributed by atoms with Gasteiger partial charge in [0.15, 0.2) is 0 Å². The molecule has 0 aromatic rings. The van der Waals surface area contributed by atoms with E-state index in [1.54, 1.807) is 0 Å². The molecule has 1 saturated heterocycles. The van der Waals surface area contributed by atoms with Gasteiger partial charge in [-0.2, -0.15) is 0 Å². The van der Waals surface area contributed by atoms with E-state index in [2.05, 4.69) is 22.9 Å². The van der Waals surface area contributed by atoms with Gasteiger partial charge in [-0.05, 0) is 6.42 Å². The van der Waals surface area contributed by atoms with Gasteiger partial charge in [0.2, 0.25) is 0 Å². The lowest BCUT2D eigenvalue weighted by Crippen LogP contribution is -2.45. The first-order chi connectivity index (χ1) is 6.83. The minimum Gasteiger partial charge on any atom is -0.380 e. The van der Waals surface area contributed by atoms with Crippen LogP contribution < -0.4 is 0 Å². The highest BCUT2D eigenvalue weighted by Gasteiger charge is 2.36. The summed E-state index contributed by atoms with van der Waals surface area (Å²) in [5, 5.41) is 0.889. The Morgan fingerprint density at radius 2 is 1.93 bits per heavy atom. The van der Waals surface area contributed by atoms with Crippen molar-refractivity contribution in [1.82, 2.24) is 0 Å². The highest BCUT2D eigenvalue weighted by atomic mass is 79.9. The highest BCUT2D eigenvalue weighted by Crippen LogP contribution is 2.31. The normalized spacial score (nSPS) is 19.3. The summed E-state index contributed by atoms with van der Waals surface area (Å²) in [6.07, 6.45) is 1.13. The Morgan fingerprint density at radius 3 is 2.43 bits per heavy atom.